The van der Waals surface area contributed by atoms with Gasteiger partial charge in [0.25, 0.3) is 0 Å². The van der Waals surface area contributed by atoms with Gasteiger partial charge in [0.1, 0.15) is 11.5 Å². The average Bonchev–Trinajstić information content (AvgIpc) is 2.19. The third kappa shape index (κ3) is 4.05. The van der Waals surface area contributed by atoms with Crippen LogP contribution in [0.5, 0.6) is 5.88 Å². The summed E-state index contributed by atoms with van der Waals surface area (Å²) >= 11 is 0. The molecule has 0 fully saturated rings. The predicted octanol–water partition coefficient (Wildman–Crippen LogP) is 2.48. The Balaban J connectivity index is 3.14. The molecule has 0 atom stereocenters. The molecule has 0 aliphatic rings. The standard InChI is InChI=1S/C13H24N4O/c1-8(2)7-9-15-11(17-13(3,4)5)10(14)12(16-9)18-6/h8H,7,14H2,1-6H3,(H,15,16,17). The van der Waals surface area contributed by atoms with Crippen LogP contribution in [-0.4, -0.2) is 22.6 Å². The first-order valence-electron chi connectivity index (χ1n) is 6.21. The van der Waals surface area contributed by atoms with Gasteiger partial charge >= 0.3 is 0 Å². The van der Waals surface area contributed by atoms with Gasteiger partial charge in [0.05, 0.1) is 7.11 Å². The number of rotatable bonds is 4. The number of methoxy groups -OCH3 is 1. The zero-order valence-electron chi connectivity index (χ0n) is 12.2. The highest BCUT2D eigenvalue weighted by Crippen LogP contribution is 2.28. The van der Waals surface area contributed by atoms with Crippen LogP contribution >= 0.6 is 0 Å². The number of hydrogen-bond donors (Lipinski definition) is 2. The molecule has 0 bridgehead atoms. The highest BCUT2D eigenvalue weighted by molar-refractivity contribution is 5.67. The van der Waals surface area contributed by atoms with Crippen LogP contribution < -0.4 is 15.8 Å². The van der Waals surface area contributed by atoms with Gasteiger partial charge in [0, 0.05) is 12.0 Å². The lowest BCUT2D eigenvalue weighted by molar-refractivity contribution is 0.396. The van der Waals surface area contributed by atoms with Crippen LogP contribution in [0.25, 0.3) is 0 Å². The lowest BCUT2D eigenvalue weighted by atomic mass is 10.1. The van der Waals surface area contributed by atoms with E-state index < -0.39 is 0 Å². The van der Waals surface area contributed by atoms with Crippen molar-refractivity contribution in [2.45, 2.75) is 46.6 Å². The smallest absolute Gasteiger partial charge is 0.242 e. The fraction of sp³-hybridized carbons (Fsp3) is 0.692. The summed E-state index contributed by atoms with van der Waals surface area (Å²) < 4.78 is 5.21. The molecular weight excluding hydrogens is 228 g/mol. The zero-order chi connectivity index (χ0) is 13.9. The summed E-state index contributed by atoms with van der Waals surface area (Å²) in [4.78, 5) is 8.80. The Morgan fingerprint density at radius 2 is 1.89 bits per heavy atom. The number of ether oxygens (including phenoxy) is 1. The fourth-order valence-electron chi connectivity index (χ4n) is 1.56. The number of anilines is 2. The van der Waals surface area contributed by atoms with Crippen molar-refractivity contribution in [3.05, 3.63) is 5.82 Å². The van der Waals surface area contributed by atoms with E-state index in [-0.39, 0.29) is 5.54 Å². The van der Waals surface area contributed by atoms with Crippen LogP contribution in [0.1, 0.15) is 40.4 Å². The first-order valence-corrected chi connectivity index (χ1v) is 6.21. The van der Waals surface area contributed by atoms with Crippen molar-refractivity contribution < 1.29 is 4.74 Å². The van der Waals surface area contributed by atoms with Gasteiger partial charge in [0.2, 0.25) is 5.88 Å². The maximum absolute atomic E-state index is 5.99. The Morgan fingerprint density at radius 1 is 1.28 bits per heavy atom. The maximum atomic E-state index is 5.99. The van der Waals surface area contributed by atoms with Gasteiger partial charge in [0.15, 0.2) is 5.82 Å². The van der Waals surface area contributed by atoms with Crippen molar-refractivity contribution >= 4 is 11.5 Å². The van der Waals surface area contributed by atoms with Gasteiger partial charge in [-0.15, -0.1) is 0 Å². The second kappa shape index (κ2) is 5.42. The molecule has 0 unspecified atom stereocenters. The zero-order valence-corrected chi connectivity index (χ0v) is 12.2. The number of nitrogens with one attached hydrogen (secondary N) is 1. The SMILES string of the molecule is COc1nc(CC(C)C)nc(NC(C)(C)C)c1N. The number of nitrogen functional groups attached to an aromatic ring is 1. The summed E-state index contributed by atoms with van der Waals surface area (Å²) in [6, 6.07) is 0. The molecule has 18 heavy (non-hydrogen) atoms. The minimum atomic E-state index is -0.109. The quantitative estimate of drug-likeness (QED) is 0.861. The van der Waals surface area contributed by atoms with Crippen LogP contribution in [0.15, 0.2) is 0 Å². The first kappa shape index (κ1) is 14.5. The Bertz CT molecular complexity index is 410. The molecule has 0 saturated carbocycles. The molecule has 5 nitrogen and oxygen atoms in total. The lowest BCUT2D eigenvalue weighted by Crippen LogP contribution is -2.28. The number of nitrogens with two attached hydrogens (primary N) is 1. The lowest BCUT2D eigenvalue weighted by Gasteiger charge is -2.23. The molecule has 0 amide bonds. The third-order valence-corrected chi connectivity index (χ3v) is 2.23. The molecular formula is C13H24N4O. The van der Waals surface area contributed by atoms with Crippen LogP contribution in [-0.2, 0) is 6.42 Å². The van der Waals surface area contributed by atoms with E-state index in [9.17, 15) is 0 Å². The third-order valence-electron chi connectivity index (χ3n) is 2.23. The summed E-state index contributed by atoms with van der Waals surface area (Å²) in [6.07, 6.45) is 0.801. The van der Waals surface area contributed by atoms with Crippen LogP contribution in [0.3, 0.4) is 0 Å². The molecule has 0 aliphatic carbocycles. The van der Waals surface area contributed by atoms with E-state index in [4.69, 9.17) is 10.5 Å². The summed E-state index contributed by atoms with van der Waals surface area (Å²) in [5, 5.41) is 3.28. The highest BCUT2D eigenvalue weighted by Gasteiger charge is 2.17. The molecule has 0 aromatic carbocycles. The summed E-state index contributed by atoms with van der Waals surface area (Å²) in [7, 11) is 1.57. The molecule has 0 spiro atoms. The van der Waals surface area contributed by atoms with Crippen molar-refractivity contribution in [3.63, 3.8) is 0 Å². The summed E-state index contributed by atoms with van der Waals surface area (Å²) in [6.45, 7) is 10.4. The van der Waals surface area contributed by atoms with Gasteiger partial charge in [-0.05, 0) is 26.7 Å². The van der Waals surface area contributed by atoms with Gasteiger partial charge in [-0.25, -0.2) is 4.98 Å². The Hall–Kier alpha value is -1.52. The van der Waals surface area contributed by atoms with E-state index in [2.05, 4.69) is 49.9 Å². The first-order chi connectivity index (χ1) is 8.23. The van der Waals surface area contributed by atoms with Crippen LogP contribution in [0.4, 0.5) is 11.5 Å². The van der Waals surface area contributed by atoms with E-state index in [0.717, 1.165) is 12.2 Å². The van der Waals surface area contributed by atoms with E-state index in [0.29, 0.717) is 23.3 Å². The largest absolute Gasteiger partial charge is 0.479 e. The summed E-state index contributed by atoms with van der Waals surface area (Å²) in [5.41, 5.74) is 6.34. The van der Waals surface area contributed by atoms with Crippen molar-refractivity contribution in [2.24, 2.45) is 5.92 Å². The number of aromatic nitrogens is 2. The molecule has 0 aliphatic heterocycles. The maximum Gasteiger partial charge on any atom is 0.242 e. The highest BCUT2D eigenvalue weighted by atomic mass is 16.5. The van der Waals surface area contributed by atoms with Gasteiger partial charge in [-0.1, -0.05) is 13.8 Å². The van der Waals surface area contributed by atoms with E-state index in [1.54, 1.807) is 7.11 Å². The molecule has 1 aromatic rings. The second-order valence-corrected chi connectivity index (χ2v) is 5.88. The van der Waals surface area contributed by atoms with Crippen molar-refractivity contribution in [3.8, 4) is 5.88 Å². The monoisotopic (exact) mass is 252 g/mol. The van der Waals surface area contributed by atoms with E-state index in [1.165, 1.54) is 0 Å². The minimum absolute atomic E-state index is 0.109. The van der Waals surface area contributed by atoms with Crippen LogP contribution in [0, 0.1) is 5.92 Å². The second-order valence-electron chi connectivity index (χ2n) is 5.88. The molecule has 0 saturated heterocycles. The molecule has 1 aromatic heterocycles. The Morgan fingerprint density at radius 3 is 2.33 bits per heavy atom. The number of nitrogens with zero attached hydrogens (tertiary/aromatic N) is 2. The molecule has 1 heterocycles. The Kier molecular flexibility index (Phi) is 4.38. The fourth-order valence-corrected chi connectivity index (χ4v) is 1.56. The van der Waals surface area contributed by atoms with E-state index in [1.807, 2.05) is 0 Å². The van der Waals surface area contributed by atoms with Crippen molar-refractivity contribution in [1.82, 2.24) is 9.97 Å². The van der Waals surface area contributed by atoms with Crippen molar-refractivity contribution in [2.75, 3.05) is 18.2 Å². The molecule has 0 radical (unpaired) electrons. The average molecular weight is 252 g/mol. The normalized spacial score (nSPS) is 11.7. The molecule has 3 N–H and O–H groups in total. The van der Waals surface area contributed by atoms with Gasteiger partial charge in [-0.2, -0.15) is 4.98 Å². The predicted molar refractivity (Wildman–Crippen MR) is 74.9 cm³/mol. The topological polar surface area (TPSA) is 73.1 Å². The molecule has 102 valence electrons. The summed E-state index contributed by atoms with van der Waals surface area (Å²) in [5.74, 6) is 2.32. The van der Waals surface area contributed by atoms with Crippen LogP contribution in [0.2, 0.25) is 0 Å². The number of hydrogen-bond acceptors (Lipinski definition) is 5. The molecule has 5 heteroatoms. The molecule has 1 rings (SSSR count). The van der Waals surface area contributed by atoms with Crippen molar-refractivity contribution in [1.29, 1.82) is 0 Å². The van der Waals surface area contributed by atoms with Gasteiger partial charge < -0.3 is 15.8 Å². The Labute approximate surface area is 109 Å². The minimum Gasteiger partial charge on any atom is -0.479 e. The van der Waals surface area contributed by atoms with E-state index >= 15 is 0 Å². The van der Waals surface area contributed by atoms with Gasteiger partial charge in [-0.3, -0.25) is 0 Å².